The van der Waals surface area contributed by atoms with E-state index in [4.69, 9.17) is 16.7 Å². The molecule has 8 heteroatoms. The van der Waals surface area contributed by atoms with Crippen molar-refractivity contribution in [2.45, 2.75) is 12.3 Å². The fourth-order valence-electron chi connectivity index (χ4n) is 2.58. The highest BCUT2D eigenvalue weighted by molar-refractivity contribution is 7.91. The monoisotopic (exact) mass is 314 g/mol. The quantitative estimate of drug-likeness (QED) is 0.909. The Morgan fingerprint density at radius 1 is 1.50 bits per heavy atom. The van der Waals surface area contributed by atoms with Gasteiger partial charge < -0.3 is 9.51 Å². The van der Waals surface area contributed by atoms with Crippen molar-refractivity contribution in [2.75, 3.05) is 11.5 Å². The van der Waals surface area contributed by atoms with E-state index in [9.17, 15) is 13.2 Å². The van der Waals surface area contributed by atoms with Crippen molar-refractivity contribution in [3.8, 4) is 0 Å². The van der Waals surface area contributed by atoms with Crippen LogP contribution in [0.4, 0.5) is 0 Å². The molecule has 0 amide bonds. The number of fused-ring (bicyclic) bond motifs is 1. The highest BCUT2D eigenvalue weighted by Crippen LogP contribution is 2.32. The molecule has 1 aliphatic rings. The molecule has 2 aromatic rings. The number of carboxylic acid groups (broad SMARTS) is 1. The number of rotatable bonds is 2. The number of sulfone groups is 1. The molecule has 3 rings (SSSR count). The molecule has 106 valence electrons. The van der Waals surface area contributed by atoms with E-state index in [1.54, 1.807) is 16.7 Å². The van der Waals surface area contributed by atoms with E-state index in [0.717, 1.165) is 0 Å². The van der Waals surface area contributed by atoms with E-state index in [1.165, 1.54) is 6.07 Å². The van der Waals surface area contributed by atoms with Crippen LogP contribution in [0.3, 0.4) is 0 Å². The Bertz CT molecular complexity index is 812. The number of nitrogens with zero attached hydrogens (tertiary/aromatic N) is 2. The van der Waals surface area contributed by atoms with Gasteiger partial charge in [0.25, 0.3) is 0 Å². The van der Waals surface area contributed by atoms with Gasteiger partial charge in [0.05, 0.1) is 22.6 Å². The lowest BCUT2D eigenvalue weighted by atomic mass is 10.1. The number of halogens is 1. The van der Waals surface area contributed by atoms with Crippen LogP contribution in [0, 0.1) is 0 Å². The lowest BCUT2D eigenvalue weighted by molar-refractivity contribution is 0.0698. The summed E-state index contributed by atoms with van der Waals surface area (Å²) in [6, 6.07) is 3.03. The summed E-state index contributed by atoms with van der Waals surface area (Å²) < 4.78 is 24.7. The molecule has 6 nitrogen and oxygen atoms in total. The number of aromatic nitrogens is 2. The molecule has 2 aromatic heterocycles. The number of carboxylic acids is 1. The Balaban J connectivity index is 2.19. The molecular weight excluding hydrogens is 304 g/mol. The Kier molecular flexibility index (Phi) is 2.98. The number of aromatic carboxylic acids is 1. The summed E-state index contributed by atoms with van der Waals surface area (Å²) in [6.07, 6.45) is 2.13. The first-order chi connectivity index (χ1) is 9.39. The van der Waals surface area contributed by atoms with Crippen LogP contribution in [-0.4, -0.2) is 40.4 Å². The number of carbonyl (C=O) groups is 1. The van der Waals surface area contributed by atoms with Crippen molar-refractivity contribution < 1.29 is 18.3 Å². The standard InChI is InChI=1S/C12H11ClN2O4S/c13-10-9-8(12(16)17)2-1-4-15(9)11(14-10)7-3-5-20(18,19)6-7/h1-2,4,7H,3,5-6H2,(H,16,17). The smallest absolute Gasteiger partial charge is 0.337 e. The Morgan fingerprint density at radius 3 is 2.85 bits per heavy atom. The molecule has 0 radical (unpaired) electrons. The van der Waals surface area contributed by atoms with Crippen LogP contribution in [-0.2, 0) is 9.84 Å². The lowest BCUT2D eigenvalue weighted by Gasteiger charge is -2.07. The van der Waals surface area contributed by atoms with Crippen LogP contribution in [0.1, 0.15) is 28.5 Å². The molecule has 1 atom stereocenters. The Labute approximate surface area is 119 Å². The molecule has 1 aliphatic heterocycles. The van der Waals surface area contributed by atoms with Gasteiger partial charge in [0, 0.05) is 12.1 Å². The fourth-order valence-corrected chi connectivity index (χ4v) is 4.60. The third-order valence-electron chi connectivity index (χ3n) is 3.48. The molecule has 0 aromatic carbocycles. The van der Waals surface area contributed by atoms with Gasteiger partial charge in [0.2, 0.25) is 0 Å². The number of hydrogen-bond acceptors (Lipinski definition) is 4. The largest absolute Gasteiger partial charge is 0.478 e. The summed E-state index contributed by atoms with van der Waals surface area (Å²) >= 11 is 6.03. The minimum absolute atomic E-state index is 0.0275. The van der Waals surface area contributed by atoms with Gasteiger partial charge in [0.15, 0.2) is 15.0 Å². The highest BCUT2D eigenvalue weighted by Gasteiger charge is 2.32. The fraction of sp³-hybridized carbons (Fsp3) is 0.333. The second-order valence-corrected chi connectivity index (χ2v) is 7.39. The van der Waals surface area contributed by atoms with Crippen LogP contribution in [0.2, 0.25) is 5.15 Å². The third kappa shape index (κ3) is 2.06. The van der Waals surface area contributed by atoms with Crippen molar-refractivity contribution in [2.24, 2.45) is 0 Å². The van der Waals surface area contributed by atoms with Gasteiger partial charge in [-0.05, 0) is 18.6 Å². The van der Waals surface area contributed by atoms with E-state index in [-0.39, 0.29) is 28.1 Å². The average molecular weight is 315 g/mol. The summed E-state index contributed by atoms with van der Waals surface area (Å²) in [5.74, 6) is -0.677. The van der Waals surface area contributed by atoms with Crippen molar-refractivity contribution in [1.29, 1.82) is 0 Å². The maximum absolute atomic E-state index is 11.6. The minimum atomic E-state index is -3.04. The van der Waals surface area contributed by atoms with Gasteiger partial charge in [-0.1, -0.05) is 11.6 Å². The molecule has 0 aliphatic carbocycles. The average Bonchev–Trinajstić information content (AvgIpc) is 2.90. The molecule has 0 bridgehead atoms. The van der Waals surface area contributed by atoms with E-state index >= 15 is 0 Å². The second kappa shape index (κ2) is 4.46. The van der Waals surface area contributed by atoms with Gasteiger partial charge in [-0.25, -0.2) is 18.2 Å². The van der Waals surface area contributed by atoms with E-state index in [1.807, 2.05) is 0 Å². The molecular formula is C12H11ClN2O4S. The summed E-state index contributed by atoms with van der Waals surface area (Å²) in [6.45, 7) is 0. The van der Waals surface area contributed by atoms with E-state index < -0.39 is 15.8 Å². The summed E-state index contributed by atoms with van der Waals surface area (Å²) in [5.41, 5.74) is 0.359. The zero-order valence-corrected chi connectivity index (χ0v) is 11.9. The normalized spacial score (nSPS) is 21.4. The van der Waals surface area contributed by atoms with Crippen molar-refractivity contribution in [1.82, 2.24) is 9.38 Å². The SMILES string of the molecule is O=C(O)c1cccn2c(C3CCS(=O)(=O)C3)nc(Cl)c12. The van der Waals surface area contributed by atoms with Gasteiger partial charge in [0.1, 0.15) is 5.82 Å². The zero-order valence-electron chi connectivity index (χ0n) is 10.3. The first-order valence-electron chi connectivity index (χ1n) is 5.99. The highest BCUT2D eigenvalue weighted by atomic mass is 35.5. The van der Waals surface area contributed by atoms with Crippen molar-refractivity contribution >= 4 is 32.9 Å². The lowest BCUT2D eigenvalue weighted by Crippen LogP contribution is -2.08. The number of hydrogen-bond donors (Lipinski definition) is 1. The first-order valence-corrected chi connectivity index (χ1v) is 8.19. The third-order valence-corrected chi connectivity index (χ3v) is 5.51. The molecule has 3 heterocycles. The summed E-state index contributed by atoms with van der Waals surface area (Å²) in [7, 11) is -3.04. The summed E-state index contributed by atoms with van der Waals surface area (Å²) in [5, 5.41) is 9.25. The predicted molar refractivity (Wildman–Crippen MR) is 73.2 cm³/mol. The number of imidazole rings is 1. The van der Waals surface area contributed by atoms with Crippen LogP contribution in [0.5, 0.6) is 0 Å². The molecule has 1 unspecified atom stereocenters. The molecule has 1 saturated heterocycles. The van der Waals surface area contributed by atoms with Gasteiger partial charge in [-0.2, -0.15) is 0 Å². The van der Waals surface area contributed by atoms with Crippen molar-refractivity contribution in [3.05, 3.63) is 34.9 Å². The summed E-state index contributed by atoms with van der Waals surface area (Å²) in [4.78, 5) is 15.4. The number of pyridine rings is 1. The molecule has 20 heavy (non-hydrogen) atoms. The Hall–Kier alpha value is -1.60. The van der Waals surface area contributed by atoms with Crippen LogP contribution in [0.15, 0.2) is 18.3 Å². The zero-order chi connectivity index (χ0) is 14.5. The maximum Gasteiger partial charge on any atom is 0.337 e. The second-order valence-electron chi connectivity index (χ2n) is 4.81. The van der Waals surface area contributed by atoms with Gasteiger partial charge in [-0.3, -0.25) is 0 Å². The van der Waals surface area contributed by atoms with Crippen LogP contribution < -0.4 is 0 Å². The van der Waals surface area contributed by atoms with E-state index in [2.05, 4.69) is 4.98 Å². The molecule has 0 saturated carbocycles. The van der Waals surface area contributed by atoms with Crippen LogP contribution in [0.25, 0.3) is 5.52 Å². The molecule has 0 spiro atoms. The van der Waals surface area contributed by atoms with Gasteiger partial charge in [-0.15, -0.1) is 0 Å². The minimum Gasteiger partial charge on any atom is -0.478 e. The molecule has 1 N–H and O–H groups in total. The maximum atomic E-state index is 11.6. The van der Waals surface area contributed by atoms with Crippen LogP contribution >= 0.6 is 11.6 Å². The van der Waals surface area contributed by atoms with Crippen molar-refractivity contribution in [3.63, 3.8) is 0 Å². The Morgan fingerprint density at radius 2 is 2.25 bits per heavy atom. The topological polar surface area (TPSA) is 88.7 Å². The first kappa shape index (κ1) is 13.4. The molecule has 1 fully saturated rings. The predicted octanol–water partition coefficient (Wildman–Crippen LogP) is 1.59. The van der Waals surface area contributed by atoms with Gasteiger partial charge >= 0.3 is 5.97 Å². The van der Waals surface area contributed by atoms with E-state index in [0.29, 0.717) is 17.8 Å².